The quantitative estimate of drug-likeness (QED) is 0.791. The van der Waals surface area contributed by atoms with Gasteiger partial charge in [-0.3, -0.25) is 0 Å². The summed E-state index contributed by atoms with van der Waals surface area (Å²) in [7, 11) is 0. The zero-order valence-electron chi connectivity index (χ0n) is 13.6. The Labute approximate surface area is 129 Å². The minimum absolute atomic E-state index is 0.0765. The summed E-state index contributed by atoms with van der Waals surface area (Å²) < 4.78 is 0. The molecule has 2 heteroatoms. The lowest BCUT2D eigenvalue weighted by Crippen LogP contribution is -2.26. The fourth-order valence-electron chi connectivity index (χ4n) is 3.55. The van der Waals surface area contributed by atoms with Crippen LogP contribution in [0.25, 0.3) is 0 Å². The highest BCUT2D eigenvalue weighted by atomic mass is 16.3. The van der Waals surface area contributed by atoms with Crippen LogP contribution in [0.1, 0.15) is 75.3 Å². The predicted molar refractivity (Wildman–Crippen MR) is 89.5 cm³/mol. The van der Waals surface area contributed by atoms with E-state index < -0.39 is 0 Å². The van der Waals surface area contributed by atoms with E-state index in [2.05, 4.69) is 38.1 Å². The van der Waals surface area contributed by atoms with E-state index >= 15 is 0 Å². The molecule has 0 saturated heterocycles. The molecule has 0 bridgehead atoms. The van der Waals surface area contributed by atoms with Gasteiger partial charge >= 0.3 is 0 Å². The van der Waals surface area contributed by atoms with E-state index in [-0.39, 0.29) is 12.0 Å². The highest BCUT2D eigenvalue weighted by Gasteiger charge is 2.22. The number of hydrogen-bond acceptors (Lipinski definition) is 2. The topological polar surface area (TPSA) is 46.2 Å². The fraction of sp³-hybridized carbons (Fsp3) is 0.684. The Hall–Kier alpha value is -0.860. The van der Waals surface area contributed by atoms with E-state index in [0.717, 1.165) is 18.8 Å². The molecule has 0 radical (unpaired) electrons. The second-order valence-corrected chi connectivity index (χ2v) is 6.96. The molecule has 0 heterocycles. The van der Waals surface area contributed by atoms with E-state index in [1.165, 1.54) is 36.8 Å². The Balaban J connectivity index is 1.93. The molecule has 1 aliphatic carbocycles. The Bertz CT molecular complexity index is 406. The van der Waals surface area contributed by atoms with Crippen LogP contribution in [0.5, 0.6) is 0 Å². The summed E-state index contributed by atoms with van der Waals surface area (Å²) in [5.41, 5.74) is 8.45. The van der Waals surface area contributed by atoms with Crippen molar-refractivity contribution in [1.29, 1.82) is 0 Å². The van der Waals surface area contributed by atoms with Gasteiger partial charge < -0.3 is 10.8 Å². The molecule has 1 aromatic carbocycles. The third-order valence-electron chi connectivity index (χ3n) is 5.10. The third kappa shape index (κ3) is 4.55. The molecule has 0 spiro atoms. The zero-order valence-corrected chi connectivity index (χ0v) is 13.6. The first-order valence-corrected chi connectivity index (χ1v) is 8.59. The Kier molecular flexibility index (Phi) is 6.25. The second-order valence-electron chi connectivity index (χ2n) is 6.96. The van der Waals surface area contributed by atoms with Gasteiger partial charge in [-0.25, -0.2) is 0 Å². The summed E-state index contributed by atoms with van der Waals surface area (Å²) in [6, 6.07) is 8.63. The first-order chi connectivity index (χ1) is 10.1. The highest BCUT2D eigenvalue weighted by molar-refractivity contribution is 5.28. The molecule has 0 aromatic heterocycles. The monoisotopic (exact) mass is 289 g/mol. The van der Waals surface area contributed by atoms with Crippen molar-refractivity contribution in [2.75, 3.05) is 6.54 Å². The van der Waals surface area contributed by atoms with Gasteiger partial charge in [0, 0.05) is 12.5 Å². The SMILES string of the molecule is CC(C)c1ccc(C(CN)C(O)CCC2CCCC2)cc1. The van der Waals surface area contributed by atoms with Gasteiger partial charge in [0.05, 0.1) is 6.10 Å². The fourth-order valence-corrected chi connectivity index (χ4v) is 3.55. The van der Waals surface area contributed by atoms with Gasteiger partial charge in [0.2, 0.25) is 0 Å². The summed E-state index contributed by atoms with van der Waals surface area (Å²) in [6.45, 7) is 4.92. The number of aliphatic hydroxyl groups excluding tert-OH is 1. The van der Waals surface area contributed by atoms with Gasteiger partial charge in [0.1, 0.15) is 0 Å². The Morgan fingerprint density at radius 1 is 1.10 bits per heavy atom. The standard InChI is InChI=1S/C19H31NO/c1-14(2)16-8-10-17(11-9-16)18(13-20)19(21)12-7-15-5-3-4-6-15/h8-11,14-15,18-19,21H,3-7,12-13,20H2,1-2H3. The summed E-state index contributed by atoms with van der Waals surface area (Å²) in [6.07, 6.45) is 7.18. The largest absolute Gasteiger partial charge is 0.392 e. The molecule has 0 amide bonds. The van der Waals surface area contributed by atoms with Crippen molar-refractivity contribution in [3.63, 3.8) is 0 Å². The first kappa shape index (κ1) is 16.5. The van der Waals surface area contributed by atoms with Gasteiger partial charge in [0.15, 0.2) is 0 Å². The second kappa shape index (κ2) is 7.95. The number of hydrogen-bond donors (Lipinski definition) is 2. The number of nitrogens with two attached hydrogens (primary N) is 1. The van der Waals surface area contributed by atoms with Gasteiger partial charge in [-0.2, -0.15) is 0 Å². The molecule has 0 aliphatic heterocycles. The summed E-state index contributed by atoms with van der Waals surface area (Å²) in [4.78, 5) is 0. The van der Waals surface area contributed by atoms with Crippen LogP contribution in [0, 0.1) is 5.92 Å². The normalized spacial score (nSPS) is 19.1. The van der Waals surface area contributed by atoms with E-state index in [1.54, 1.807) is 0 Å². The smallest absolute Gasteiger partial charge is 0.0621 e. The van der Waals surface area contributed by atoms with Gasteiger partial charge in [-0.1, -0.05) is 63.8 Å². The lowest BCUT2D eigenvalue weighted by Gasteiger charge is -2.23. The molecule has 2 atom stereocenters. The van der Waals surface area contributed by atoms with Crippen molar-refractivity contribution in [2.45, 2.75) is 70.3 Å². The maximum Gasteiger partial charge on any atom is 0.0621 e. The number of benzene rings is 1. The lowest BCUT2D eigenvalue weighted by atomic mass is 9.87. The maximum atomic E-state index is 10.5. The number of aliphatic hydroxyl groups is 1. The van der Waals surface area contributed by atoms with E-state index in [0.29, 0.717) is 12.5 Å². The summed E-state index contributed by atoms with van der Waals surface area (Å²) >= 11 is 0. The minimum Gasteiger partial charge on any atom is -0.392 e. The summed E-state index contributed by atoms with van der Waals surface area (Å²) in [5, 5.41) is 10.5. The van der Waals surface area contributed by atoms with Crippen molar-refractivity contribution >= 4 is 0 Å². The van der Waals surface area contributed by atoms with Crippen molar-refractivity contribution < 1.29 is 5.11 Å². The van der Waals surface area contributed by atoms with Crippen LogP contribution in [0.4, 0.5) is 0 Å². The molecule has 2 nitrogen and oxygen atoms in total. The molecular formula is C19H31NO. The molecule has 2 rings (SSSR count). The van der Waals surface area contributed by atoms with Gasteiger partial charge in [-0.05, 0) is 35.8 Å². The van der Waals surface area contributed by atoms with Crippen LogP contribution < -0.4 is 5.73 Å². The lowest BCUT2D eigenvalue weighted by molar-refractivity contribution is 0.127. The maximum absolute atomic E-state index is 10.5. The van der Waals surface area contributed by atoms with E-state index in [1.807, 2.05) is 0 Å². The zero-order chi connectivity index (χ0) is 15.2. The Morgan fingerprint density at radius 2 is 1.67 bits per heavy atom. The first-order valence-electron chi connectivity index (χ1n) is 8.59. The van der Waals surface area contributed by atoms with Crippen molar-refractivity contribution in [1.82, 2.24) is 0 Å². The molecule has 1 aromatic rings. The van der Waals surface area contributed by atoms with Gasteiger partial charge in [0.25, 0.3) is 0 Å². The Morgan fingerprint density at radius 3 is 2.19 bits per heavy atom. The van der Waals surface area contributed by atoms with E-state index in [9.17, 15) is 5.11 Å². The summed E-state index contributed by atoms with van der Waals surface area (Å²) in [5.74, 6) is 1.46. The minimum atomic E-state index is -0.305. The molecule has 1 aliphatic rings. The third-order valence-corrected chi connectivity index (χ3v) is 5.10. The molecule has 1 saturated carbocycles. The van der Waals surface area contributed by atoms with Crippen LogP contribution >= 0.6 is 0 Å². The molecule has 21 heavy (non-hydrogen) atoms. The van der Waals surface area contributed by atoms with Crippen LogP contribution in [0.15, 0.2) is 24.3 Å². The average Bonchev–Trinajstić information content (AvgIpc) is 3.00. The number of rotatable bonds is 7. The molecule has 3 N–H and O–H groups in total. The van der Waals surface area contributed by atoms with Gasteiger partial charge in [-0.15, -0.1) is 0 Å². The molecule has 2 unspecified atom stereocenters. The van der Waals surface area contributed by atoms with Crippen LogP contribution in [-0.4, -0.2) is 17.8 Å². The van der Waals surface area contributed by atoms with E-state index in [4.69, 9.17) is 5.73 Å². The van der Waals surface area contributed by atoms with Crippen LogP contribution in [0.3, 0.4) is 0 Å². The molecular weight excluding hydrogens is 258 g/mol. The average molecular weight is 289 g/mol. The van der Waals surface area contributed by atoms with Crippen molar-refractivity contribution in [3.8, 4) is 0 Å². The van der Waals surface area contributed by atoms with Crippen molar-refractivity contribution in [3.05, 3.63) is 35.4 Å². The molecule has 118 valence electrons. The highest BCUT2D eigenvalue weighted by Crippen LogP contribution is 2.31. The predicted octanol–water partition coefficient (Wildman–Crippen LogP) is 4.18. The van der Waals surface area contributed by atoms with Crippen LogP contribution in [-0.2, 0) is 0 Å². The van der Waals surface area contributed by atoms with Crippen molar-refractivity contribution in [2.24, 2.45) is 11.7 Å². The van der Waals surface area contributed by atoms with Crippen LogP contribution in [0.2, 0.25) is 0 Å². The molecule has 1 fully saturated rings.